The maximum Gasteiger partial charge on any atom is 0.175 e. The van der Waals surface area contributed by atoms with Gasteiger partial charge in [-0.15, -0.1) is 0 Å². The van der Waals surface area contributed by atoms with E-state index in [0.717, 1.165) is 37.0 Å². The zero-order valence-corrected chi connectivity index (χ0v) is 21.3. The first-order valence-corrected chi connectivity index (χ1v) is 12.0. The van der Waals surface area contributed by atoms with Crippen LogP contribution in [0.1, 0.15) is 88.6 Å². The minimum Gasteiger partial charge on any atom is -0.486 e. The van der Waals surface area contributed by atoms with Gasteiger partial charge in [-0.1, -0.05) is 65.0 Å². The maximum atomic E-state index is 12.3. The number of ether oxygens (including phenoxy) is 1. The molecule has 1 unspecified atom stereocenters. The van der Waals surface area contributed by atoms with Gasteiger partial charge in [0.05, 0.1) is 6.10 Å². The summed E-state index contributed by atoms with van der Waals surface area (Å²) < 4.78 is 5.88. The van der Waals surface area contributed by atoms with Crippen molar-refractivity contribution in [2.75, 3.05) is 6.61 Å². The number of ketones is 1. The second kappa shape index (κ2) is 10.7. The van der Waals surface area contributed by atoms with Crippen LogP contribution in [0, 0.1) is 19.3 Å². The molecule has 2 rings (SSSR count). The fourth-order valence-electron chi connectivity index (χ4n) is 4.34. The molecule has 3 heteroatoms. The van der Waals surface area contributed by atoms with E-state index in [1.165, 1.54) is 22.3 Å². The van der Waals surface area contributed by atoms with E-state index in [9.17, 15) is 9.90 Å². The van der Waals surface area contributed by atoms with Crippen molar-refractivity contribution in [2.24, 2.45) is 5.41 Å². The van der Waals surface area contributed by atoms with Gasteiger partial charge in [-0.25, -0.2) is 0 Å². The van der Waals surface area contributed by atoms with Gasteiger partial charge in [-0.05, 0) is 80.3 Å². The van der Waals surface area contributed by atoms with Gasteiger partial charge in [-0.2, -0.15) is 0 Å². The lowest BCUT2D eigenvalue weighted by atomic mass is 9.69. The fraction of sp³-hybridized carbons (Fsp3) is 0.552. The third-order valence-corrected chi connectivity index (χ3v) is 6.86. The molecular weight excluding hydrogens is 396 g/mol. The molecule has 1 N–H and O–H groups in total. The second-order valence-electron chi connectivity index (χ2n) is 10.3. The molecule has 2 aromatic rings. The third-order valence-electron chi connectivity index (χ3n) is 6.86. The van der Waals surface area contributed by atoms with Crippen molar-refractivity contribution in [3.8, 4) is 5.75 Å². The Hall–Kier alpha value is -2.13. The molecule has 0 radical (unpaired) electrons. The first-order valence-electron chi connectivity index (χ1n) is 12.0. The van der Waals surface area contributed by atoms with E-state index in [-0.39, 0.29) is 23.9 Å². The predicted octanol–water partition coefficient (Wildman–Crippen LogP) is 6.72. The monoisotopic (exact) mass is 438 g/mol. The highest BCUT2D eigenvalue weighted by Crippen LogP contribution is 2.41. The number of aryl methyl sites for hydroxylation is 3. The molecule has 0 saturated heterocycles. The Kier molecular flexibility index (Phi) is 8.70. The van der Waals surface area contributed by atoms with Crippen LogP contribution in [0.2, 0.25) is 0 Å². The van der Waals surface area contributed by atoms with Crippen molar-refractivity contribution < 1.29 is 14.6 Å². The summed E-state index contributed by atoms with van der Waals surface area (Å²) in [6.07, 6.45) is 3.40. The third kappa shape index (κ3) is 6.01. The van der Waals surface area contributed by atoms with Gasteiger partial charge in [-0.3, -0.25) is 4.79 Å². The van der Waals surface area contributed by atoms with Crippen LogP contribution in [0.5, 0.6) is 5.75 Å². The Morgan fingerprint density at radius 2 is 1.53 bits per heavy atom. The quantitative estimate of drug-likeness (QED) is 0.448. The summed E-state index contributed by atoms with van der Waals surface area (Å²) in [6, 6.07) is 13.2. The van der Waals surface area contributed by atoms with Crippen molar-refractivity contribution >= 4 is 5.78 Å². The highest BCUT2D eigenvalue weighted by Gasteiger charge is 2.31. The summed E-state index contributed by atoms with van der Waals surface area (Å²) in [5.41, 5.74) is 5.79. The van der Waals surface area contributed by atoms with Crippen LogP contribution in [-0.4, -0.2) is 23.6 Å². The molecular formula is C29H42O3. The summed E-state index contributed by atoms with van der Waals surface area (Å²) in [5, 5.41) is 9.64. The van der Waals surface area contributed by atoms with Gasteiger partial charge in [0.2, 0.25) is 0 Å². The molecule has 176 valence electrons. The number of carbonyl (C=O) groups excluding carboxylic acids is 1. The SMILES string of the molecule is CCC(CC)(c1ccc(CCC(C)O)c(C)c1)c1ccc(OCC(=O)C(C)(C)C)c(C)c1. The average molecular weight is 439 g/mol. The van der Waals surface area contributed by atoms with E-state index in [1.807, 2.05) is 33.8 Å². The summed E-state index contributed by atoms with van der Waals surface area (Å²) in [7, 11) is 0. The number of aliphatic hydroxyl groups excluding tert-OH is 1. The molecule has 0 fully saturated rings. The molecule has 0 spiro atoms. The molecule has 0 bridgehead atoms. The molecule has 1 atom stereocenters. The fourth-order valence-corrected chi connectivity index (χ4v) is 4.34. The number of aliphatic hydroxyl groups is 1. The Morgan fingerprint density at radius 3 is 2.00 bits per heavy atom. The van der Waals surface area contributed by atoms with Gasteiger partial charge < -0.3 is 9.84 Å². The van der Waals surface area contributed by atoms with E-state index in [1.54, 1.807) is 0 Å². The summed E-state index contributed by atoms with van der Waals surface area (Å²) in [5.74, 6) is 0.876. The van der Waals surface area contributed by atoms with Crippen molar-refractivity contribution in [3.63, 3.8) is 0 Å². The Balaban J connectivity index is 2.34. The molecule has 0 heterocycles. The topological polar surface area (TPSA) is 46.5 Å². The van der Waals surface area contributed by atoms with Gasteiger partial charge in [0, 0.05) is 10.8 Å². The zero-order valence-electron chi connectivity index (χ0n) is 21.3. The van der Waals surface area contributed by atoms with Crippen molar-refractivity contribution in [1.29, 1.82) is 0 Å². The lowest BCUT2D eigenvalue weighted by Gasteiger charge is -2.34. The standard InChI is InChI=1S/C29H42O3/c1-9-29(10-2,24-14-13-23(20(3)17-24)12-11-22(5)30)25-15-16-26(21(4)18-25)32-19-27(31)28(6,7)8/h13-18,22,30H,9-12,19H2,1-8H3. The molecule has 3 nitrogen and oxygen atoms in total. The molecule has 0 aliphatic heterocycles. The normalized spacial score (nSPS) is 13.2. The predicted molar refractivity (Wildman–Crippen MR) is 134 cm³/mol. The zero-order chi connectivity index (χ0) is 24.1. The summed E-state index contributed by atoms with van der Waals surface area (Å²) in [6.45, 7) is 16.4. The highest BCUT2D eigenvalue weighted by atomic mass is 16.5. The van der Waals surface area contributed by atoms with Gasteiger partial charge in [0.15, 0.2) is 5.78 Å². The van der Waals surface area contributed by atoms with Gasteiger partial charge >= 0.3 is 0 Å². The first-order chi connectivity index (χ1) is 14.9. The largest absolute Gasteiger partial charge is 0.486 e. The van der Waals surface area contributed by atoms with E-state index < -0.39 is 5.41 Å². The number of benzene rings is 2. The molecule has 0 amide bonds. The van der Waals surface area contributed by atoms with Gasteiger partial charge in [0.25, 0.3) is 0 Å². The molecule has 0 aromatic heterocycles. The lowest BCUT2D eigenvalue weighted by molar-refractivity contribution is -0.128. The van der Waals surface area contributed by atoms with E-state index >= 15 is 0 Å². The van der Waals surface area contributed by atoms with Crippen LogP contribution < -0.4 is 4.74 Å². The molecule has 32 heavy (non-hydrogen) atoms. The maximum absolute atomic E-state index is 12.3. The van der Waals surface area contributed by atoms with Crippen molar-refractivity contribution in [3.05, 3.63) is 64.2 Å². The minimum absolute atomic E-state index is 0.0713. The number of carbonyl (C=O) groups is 1. The molecule has 0 aliphatic carbocycles. The average Bonchev–Trinajstić information content (AvgIpc) is 2.72. The van der Waals surface area contributed by atoms with E-state index in [0.29, 0.717) is 0 Å². The Labute approximate surface area is 195 Å². The number of Topliss-reactive ketones (excluding diaryl/α,β-unsaturated/α-hetero) is 1. The Bertz CT molecular complexity index is 914. The highest BCUT2D eigenvalue weighted by molar-refractivity contribution is 5.85. The van der Waals surface area contributed by atoms with E-state index in [4.69, 9.17) is 4.74 Å². The number of hydrogen-bond acceptors (Lipinski definition) is 3. The van der Waals surface area contributed by atoms with Crippen LogP contribution in [0.25, 0.3) is 0 Å². The van der Waals surface area contributed by atoms with Gasteiger partial charge in [0.1, 0.15) is 12.4 Å². The first kappa shape index (κ1) is 26.1. The minimum atomic E-state index is -0.396. The van der Waals surface area contributed by atoms with Crippen LogP contribution in [0.15, 0.2) is 36.4 Å². The van der Waals surface area contributed by atoms with E-state index in [2.05, 4.69) is 58.0 Å². The lowest BCUT2D eigenvalue weighted by Crippen LogP contribution is -2.27. The molecule has 0 saturated carbocycles. The van der Waals surface area contributed by atoms with Crippen LogP contribution in [0.4, 0.5) is 0 Å². The van der Waals surface area contributed by atoms with Crippen LogP contribution in [-0.2, 0) is 16.6 Å². The number of hydrogen-bond donors (Lipinski definition) is 1. The smallest absolute Gasteiger partial charge is 0.175 e. The van der Waals surface area contributed by atoms with Crippen molar-refractivity contribution in [2.45, 2.75) is 92.6 Å². The summed E-state index contributed by atoms with van der Waals surface area (Å²) >= 11 is 0. The summed E-state index contributed by atoms with van der Waals surface area (Å²) in [4.78, 5) is 12.3. The van der Waals surface area contributed by atoms with Crippen molar-refractivity contribution in [1.82, 2.24) is 0 Å². The Morgan fingerprint density at radius 1 is 0.969 bits per heavy atom. The molecule has 0 aliphatic rings. The second-order valence-corrected chi connectivity index (χ2v) is 10.3. The van der Waals surface area contributed by atoms with Crippen LogP contribution in [0.3, 0.4) is 0 Å². The number of rotatable bonds is 10. The van der Waals surface area contributed by atoms with Crippen LogP contribution >= 0.6 is 0 Å². The molecule has 2 aromatic carbocycles.